The van der Waals surface area contributed by atoms with Crippen molar-refractivity contribution in [1.29, 1.82) is 0 Å². The molecule has 4 nitrogen and oxygen atoms in total. The molecule has 0 spiro atoms. The Morgan fingerprint density at radius 1 is 1.08 bits per heavy atom. The molecule has 0 unspecified atom stereocenters. The zero-order chi connectivity index (χ0) is 17.6. The van der Waals surface area contributed by atoms with Crippen molar-refractivity contribution in [2.24, 2.45) is 0 Å². The SMILES string of the molecule is COc1ccc(CCC(=O)N2CCN(c3ccccc3)CC2)cc1Br. The van der Waals surface area contributed by atoms with Crippen LogP contribution in [0.25, 0.3) is 0 Å². The molecule has 0 bridgehead atoms. The third kappa shape index (κ3) is 4.54. The molecule has 25 heavy (non-hydrogen) atoms. The number of carbonyl (C=O) groups is 1. The van der Waals surface area contributed by atoms with Gasteiger partial charge in [-0.3, -0.25) is 4.79 Å². The van der Waals surface area contributed by atoms with E-state index in [2.05, 4.69) is 45.1 Å². The number of aryl methyl sites for hydroxylation is 1. The fraction of sp³-hybridized carbons (Fsp3) is 0.350. The second-order valence-electron chi connectivity index (χ2n) is 6.17. The van der Waals surface area contributed by atoms with Crippen molar-refractivity contribution in [2.75, 3.05) is 38.2 Å². The summed E-state index contributed by atoms with van der Waals surface area (Å²) in [7, 11) is 1.65. The highest BCUT2D eigenvalue weighted by atomic mass is 79.9. The second kappa shape index (κ2) is 8.39. The third-order valence-electron chi connectivity index (χ3n) is 4.60. The first-order valence-electron chi connectivity index (χ1n) is 8.57. The van der Waals surface area contributed by atoms with Crippen molar-refractivity contribution in [3.8, 4) is 5.75 Å². The Morgan fingerprint density at radius 2 is 1.80 bits per heavy atom. The van der Waals surface area contributed by atoms with Gasteiger partial charge < -0.3 is 14.5 Å². The Kier molecular flexibility index (Phi) is 5.97. The molecule has 5 heteroatoms. The monoisotopic (exact) mass is 402 g/mol. The summed E-state index contributed by atoms with van der Waals surface area (Å²) in [5, 5.41) is 0. The molecular formula is C20H23BrN2O2. The lowest BCUT2D eigenvalue weighted by Gasteiger charge is -2.36. The number of carbonyl (C=O) groups excluding carboxylic acids is 1. The number of methoxy groups -OCH3 is 1. The van der Waals surface area contributed by atoms with Crippen LogP contribution in [0, 0.1) is 0 Å². The number of para-hydroxylation sites is 1. The molecule has 0 saturated carbocycles. The van der Waals surface area contributed by atoms with Gasteiger partial charge in [0.05, 0.1) is 11.6 Å². The van der Waals surface area contributed by atoms with Crippen molar-refractivity contribution in [1.82, 2.24) is 4.90 Å². The maximum absolute atomic E-state index is 12.5. The van der Waals surface area contributed by atoms with E-state index >= 15 is 0 Å². The van der Waals surface area contributed by atoms with Gasteiger partial charge in [-0.05, 0) is 52.2 Å². The molecule has 2 aromatic carbocycles. The number of halogens is 1. The van der Waals surface area contributed by atoms with E-state index in [-0.39, 0.29) is 5.91 Å². The number of benzene rings is 2. The van der Waals surface area contributed by atoms with Crippen LogP contribution in [0.15, 0.2) is 53.0 Å². The first-order valence-corrected chi connectivity index (χ1v) is 9.37. The molecule has 132 valence electrons. The number of nitrogens with zero attached hydrogens (tertiary/aromatic N) is 2. The number of hydrogen-bond acceptors (Lipinski definition) is 3. The first-order chi connectivity index (χ1) is 12.2. The lowest BCUT2D eigenvalue weighted by Crippen LogP contribution is -2.48. The standard InChI is InChI=1S/C20H23BrN2O2/c1-25-19-9-7-16(15-18(19)21)8-10-20(24)23-13-11-22(12-14-23)17-5-3-2-4-6-17/h2-7,9,15H,8,10-14H2,1H3. The zero-order valence-corrected chi connectivity index (χ0v) is 16.0. The van der Waals surface area contributed by atoms with E-state index in [4.69, 9.17) is 4.74 Å². The third-order valence-corrected chi connectivity index (χ3v) is 5.22. The van der Waals surface area contributed by atoms with E-state index in [0.29, 0.717) is 6.42 Å². The molecule has 0 aromatic heterocycles. The van der Waals surface area contributed by atoms with Gasteiger partial charge >= 0.3 is 0 Å². The maximum atomic E-state index is 12.5. The second-order valence-corrected chi connectivity index (χ2v) is 7.03. The summed E-state index contributed by atoms with van der Waals surface area (Å²) < 4.78 is 6.17. The molecule has 0 N–H and O–H groups in total. The van der Waals surface area contributed by atoms with Crippen LogP contribution in [0.2, 0.25) is 0 Å². The molecule has 0 aliphatic carbocycles. The van der Waals surface area contributed by atoms with Crippen LogP contribution in [0.1, 0.15) is 12.0 Å². The summed E-state index contributed by atoms with van der Waals surface area (Å²) in [6.45, 7) is 3.37. The maximum Gasteiger partial charge on any atom is 0.223 e. The minimum Gasteiger partial charge on any atom is -0.496 e. The van der Waals surface area contributed by atoms with Crippen molar-refractivity contribution < 1.29 is 9.53 Å². The first kappa shape index (κ1) is 17.8. The van der Waals surface area contributed by atoms with E-state index in [9.17, 15) is 4.79 Å². The Bertz CT molecular complexity index is 713. The van der Waals surface area contributed by atoms with Crippen molar-refractivity contribution >= 4 is 27.5 Å². The van der Waals surface area contributed by atoms with Crippen LogP contribution in [-0.2, 0) is 11.2 Å². The molecule has 1 aliphatic rings. The lowest BCUT2D eigenvalue weighted by molar-refractivity contribution is -0.131. The summed E-state index contributed by atoms with van der Waals surface area (Å²) in [6.07, 6.45) is 1.30. The van der Waals surface area contributed by atoms with Crippen LogP contribution in [0.5, 0.6) is 5.75 Å². The number of amides is 1. The van der Waals surface area contributed by atoms with Crippen molar-refractivity contribution in [3.05, 3.63) is 58.6 Å². The number of piperazine rings is 1. The van der Waals surface area contributed by atoms with Gasteiger partial charge in [-0.1, -0.05) is 24.3 Å². The number of anilines is 1. The topological polar surface area (TPSA) is 32.8 Å². The predicted octanol–water partition coefficient (Wildman–Crippen LogP) is 3.74. The fourth-order valence-corrected chi connectivity index (χ4v) is 3.72. The van der Waals surface area contributed by atoms with E-state index in [0.717, 1.165) is 48.4 Å². The quantitative estimate of drug-likeness (QED) is 0.763. The summed E-state index contributed by atoms with van der Waals surface area (Å²) in [6, 6.07) is 16.4. The van der Waals surface area contributed by atoms with Crippen molar-refractivity contribution in [2.45, 2.75) is 12.8 Å². The van der Waals surface area contributed by atoms with Gasteiger partial charge in [-0.15, -0.1) is 0 Å². The van der Waals surface area contributed by atoms with Gasteiger partial charge in [0.25, 0.3) is 0 Å². The summed E-state index contributed by atoms with van der Waals surface area (Å²) in [4.78, 5) is 16.8. The van der Waals surface area contributed by atoms with E-state index in [1.807, 2.05) is 29.2 Å². The van der Waals surface area contributed by atoms with E-state index in [1.54, 1.807) is 7.11 Å². The largest absolute Gasteiger partial charge is 0.496 e. The average molecular weight is 403 g/mol. The highest BCUT2D eigenvalue weighted by Gasteiger charge is 2.21. The molecule has 1 aliphatic heterocycles. The highest BCUT2D eigenvalue weighted by molar-refractivity contribution is 9.10. The van der Waals surface area contributed by atoms with Gasteiger partial charge in [0.1, 0.15) is 5.75 Å². The summed E-state index contributed by atoms with van der Waals surface area (Å²) >= 11 is 3.49. The number of ether oxygens (including phenoxy) is 1. The van der Waals surface area contributed by atoms with Gasteiger partial charge in [0.15, 0.2) is 0 Å². The minimum absolute atomic E-state index is 0.236. The molecule has 0 atom stereocenters. The zero-order valence-electron chi connectivity index (χ0n) is 14.5. The highest BCUT2D eigenvalue weighted by Crippen LogP contribution is 2.26. The normalized spacial score (nSPS) is 14.5. The molecule has 1 fully saturated rings. The molecule has 2 aromatic rings. The fourth-order valence-electron chi connectivity index (χ4n) is 3.13. The minimum atomic E-state index is 0.236. The van der Waals surface area contributed by atoms with Crippen LogP contribution in [0.4, 0.5) is 5.69 Å². The van der Waals surface area contributed by atoms with Crippen LogP contribution in [-0.4, -0.2) is 44.1 Å². The van der Waals surface area contributed by atoms with Gasteiger partial charge in [0, 0.05) is 38.3 Å². The van der Waals surface area contributed by atoms with Crippen LogP contribution >= 0.6 is 15.9 Å². The number of rotatable bonds is 5. The van der Waals surface area contributed by atoms with Crippen LogP contribution in [0.3, 0.4) is 0 Å². The Labute approximate surface area is 157 Å². The smallest absolute Gasteiger partial charge is 0.223 e. The number of hydrogen-bond donors (Lipinski definition) is 0. The summed E-state index contributed by atoms with van der Waals surface area (Å²) in [5.74, 6) is 1.05. The Morgan fingerprint density at radius 3 is 2.44 bits per heavy atom. The average Bonchev–Trinajstić information content (AvgIpc) is 2.67. The van der Waals surface area contributed by atoms with Crippen molar-refractivity contribution in [3.63, 3.8) is 0 Å². The van der Waals surface area contributed by atoms with E-state index < -0.39 is 0 Å². The molecule has 1 heterocycles. The molecular weight excluding hydrogens is 380 g/mol. The molecule has 1 amide bonds. The van der Waals surface area contributed by atoms with E-state index in [1.165, 1.54) is 5.69 Å². The van der Waals surface area contributed by atoms with Gasteiger partial charge in [-0.2, -0.15) is 0 Å². The molecule has 1 saturated heterocycles. The predicted molar refractivity (Wildman–Crippen MR) is 104 cm³/mol. The van der Waals surface area contributed by atoms with Crippen LogP contribution < -0.4 is 9.64 Å². The summed E-state index contributed by atoms with van der Waals surface area (Å²) in [5.41, 5.74) is 2.38. The Hall–Kier alpha value is -2.01. The van der Waals surface area contributed by atoms with Gasteiger partial charge in [0.2, 0.25) is 5.91 Å². The van der Waals surface area contributed by atoms with Gasteiger partial charge in [-0.25, -0.2) is 0 Å². The molecule has 0 radical (unpaired) electrons. The Balaban J connectivity index is 1.49. The molecule has 3 rings (SSSR count). The lowest BCUT2D eigenvalue weighted by atomic mass is 10.1.